The lowest BCUT2D eigenvalue weighted by molar-refractivity contribution is 0.241. The van der Waals surface area contributed by atoms with Crippen molar-refractivity contribution in [1.29, 1.82) is 0 Å². The first-order chi connectivity index (χ1) is 10.3. The Kier molecular flexibility index (Phi) is 7.19. The van der Waals surface area contributed by atoms with E-state index in [0.717, 1.165) is 12.1 Å². The largest absolute Gasteiger partial charge is 0.338 e. The summed E-state index contributed by atoms with van der Waals surface area (Å²) in [6.07, 6.45) is 0.224. The molecule has 0 aliphatic heterocycles. The average Bonchev–Trinajstić information content (AvgIpc) is 2.46. The van der Waals surface area contributed by atoms with Crippen molar-refractivity contribution < 1.29 is 22.0 Å². The first-order valence-electron chi connectivity index (χ1n) is 6.77. The average molecular weight is 335 g/mol. The highest BCUT2D eigenvalue weighted by atomic mass is 32.2. The molecular formula is C13H19F2N3O3S. The van der Waals surface area contributed by atoms with Gasteiger partial charge in [0.15, 0.2) is 0 Å². The van der Waals surface area contributed by atoms with Crippen molar-refractivity contribution in [2.45, 2.75) is 13.3 Å². The van der Waals surface area contributed by atoms with Crippen LogP contribution in [0.2, 0.25) is 0 Å². The predicted molar refractivity (Wildman–Crippen MR) is 78.9 cm³/mol. The van der Waals surface area contributed by atoms with Gasteiger partial charge in [-0.1, -0.05) is 6.07 Å². The molecule has 0 heterocycles. The maximum Gasteiger partial charge on any atom is 0.314 e. The van der Waals surface area contributed by atoms with Gasteiger partial charge in [-0.25, -0.2) is 26.7 Å². The molecule has 22 heavy (non-hydrogen) atoms. The predicted octanol–water partition coefficient (Wildman–Crippen LogP) is 0.746. The van der Waals surface area contributed by atoms with Crippen LogP contribution in [-0.2, 0) is 16.4 Å². The number of halogens is 2. The minimum absolute atomic E-state index is 0.0254. The summed E-state index contributed by atoms with van der Waals surface area (Å²) < 4.78 is 50.6. The van der Waals surface area contributed by atoms with Crippen molar-refractivity contribution >= 4 is 16.1 Å². The van der Waals surface area contributed by atoms with Gasteiger partial charge in [0.25, 0.3) is 0 Å². The highest BCUT2D eigenvalue weighted by Gasteiger charge is 2.06. The lowest BCUT2D eigenvalue weighted by atomic mass is 10.1. The van der Waals surface area contributed by atoms with Crippen LogP contribution in [0, 0.1) is 11.6 Å². The molecule has 0 saturated carbocycles. The first kappa shape index (κ1) is 18.3. The van der Waals surface area contributed by atoms with E-state index in [2.05, 4.69) is 15.4 Å². The van der Waals surface area contributed by atoms with Crippen molar-refractivity contribution in [3.8, 4) is 0 Å². The summed E-state index contributed by atoms with van der Waals surface area (Å²) in [6.45, 7) is 1.91. The van der Waals surface area contributed by atoms with E-state index in [1.165, 1.54) is 13.0 Å². The van der Waals surface area contributed by atoms with E-state index in [1.807, 2.05) is 0 Å². The van der Waals surface area contributed by atoms with Gasteiger partial charge in [0, 0.05) is 25.7 Å². The monoisotopic (exact) mass is 335 g/mol. The number of rotatable bonds is 8. The van der Waals surface area contributed by atoms with Crippen LogP contribution in [-0.4, -0.2) is 39.8 Å². The number of hydrogen-bond donors (Lipinski definition) is 3. The molecule has 2 amide bonds. The maximum absolute atomic E-state index is 13.3. The smallest absolute Gasteiger partial charge is 0.314 e. The molecule has 1 aromatic carbocycles. The fraction of sp³-hybridized carbons (Fsp3) is 0.462. The summed E-state index contributed by atoms with van der Waals surface area (Å²) in [5, 5.41) is 4.96. The zero-order valence-electron chi connectivity index (χ0n) is 12.2. The highest BCUT2D eigenvalue weighted by molar-refractivity contribution is 7.89. The van der Waals surface area contributed by atoms with Gasteiger partial charge in [-0.15, -0.1) is 0 Å². The fourth-order valence-corrected chi connectivity index (χ4v) is 2.20. The van der Waals surface area contributed by atoms with E-state index in [1.54, 1.807) is 0 Å². The molecular weight excluding hydrogens is 316 g/mol. The molecule has 1 aromatic rings. The summed E-state index contributed by atoms with van der Waals surface area (Å²) in [6, 6.07) is 2.77. The van der Waals surface area contributed by atoms with E-state index in [0.29, 0.717) is 5.56 Å². The van der Waals surface area contributed by atoms with Gasteiger partial charge in [0.2, 0.25) is 10.0 Å². The third-order valence-electron chi connectivity index (χ3n) is 2.81. The van der Waals surface area contributed by atoms with Gasteiger partial charge < -0.3 is 10.6 Å². The standard InChI is InChI=1S/C13H19F2N3O3S/c1-2-22(20,21)18-8-7-17-13(19)16-6-5-10-3-4-11(14)9-12(10)15/h3-4,9,18H,2,5-8H2,1H3,(H2,16,17,19). The van der Waals surface area contributed by atoms with Crippen LogP contribution >= 0.6 is 0 Å². The minimum atomic E-state index is -3.27. The Morgan fingerprint density at radius 2 is 1.82 bits per heavy atom. The third kappa shape index (κ3) is 6.81. The molecule has 0 bridgehead atoms. The molecule has 1 rings (SSSR count). The molecule has 0 fully saturated rings. The van der Waals surface area contributed by atoms with E-state index < -0.39 is 27.7 Å². The van der Waals surface area contributed by atoms with Gasteiger partial charge >= 0.3 is 6.03 Å². The molecule has 124 valence electrons. The van der Waals surface area contributed by atoms with Crippen LogP contribution in [0.4, 0.5) is 13.6 Å². The fourth-order valence-electron chi connectivity index (χ4n) is 1.58. The molecule has 0 saturated heterocycles. The summed E-state index contributed by atoms with van der Waals surface area (Å²) >= 11 is 0. The number of nitrogens with one attached hydrogen (secondary N) is 3. The Balaban J connectivity index is 2.21. The van der Waals surface area contributed by atoms with E-state index in [9.17, 15) is 22.0 Å². The van der Waals surface area contributed by atoms with Crippen LogP contribution in [0.1, 0.15) is 12.5 Å². The first-order valence-corrected chi connectivity index (χ1v) is 8.42. The quantitative estimate of drug-likeness (QED) is 0.613. The molecule has 0 atom stereocenters. The third-order valence-corrected chi connectivity index (χ3v) is 4.21. The zero-order valence-corrected chi connectivity index (χ0v) is 13.0. The second-order valence-corrected chi connectivity index (χ2v) is 6.56. The summed E-state index contributed by atoms with van der Waals surface area (Å²) in [7, 11) is -3.27. The van der Waals surface area contributed by atoms with Crippen molar-refractivity contribution in [2.24, 2.45) is 0 Å². The Morgan fingerprint density at radius 1 is 1.14 bits per heavy atom. The zero-order chi connectivity index (χ0) is 16.6. The maximum atomic E-state index is 13.3. The number of carbonyl (C=O) groups is 1. The van der Waals surface area contributed by atoms with Crippen LogP contribution in [0.15, 0.2) is 18.2 Å². The molecule has 0 unspecified atom stereocenters. The number of urea groups is 1. The number of hydrogen-bond acceptors (Lipinski definition) is 3. The van der Waals surface area contributed by atoms with Crippen molar-refractivity contribution in [3.63, 3.8) is 0 Å². The van der Waals surface area contributed by atoms with Crippen LogP contribution < -0.4 is 15.4 Å². The van der Waals surface area contributed by atoms with E-state index >= 15 is 0 Å². The van der Waals surface area contributed by atoms with E-state index in [4.69, 9.17) is 0 Å². The van der Waals surface area contributed by atoms with Gasteiger partial charge in [-0.05, 0) is 25.0 Å². The second kappa shape index (κ2) is 8.64. The van der Waals surface area contributed by atoms with Crippen molar-refractivity contribution in [3.05, 3.63) is 35.4 Å². The number of amides is 2. The van der Waals surface area contributed by atoms with Crippen LogP contribution in [0.3, 0.4) is 0 Å². The number of carbonyl (C=O) groups excluding carboxylic acids is 1. The second-order valence-electron chi connectivity index (χ2n) is 4.47. The summed E-state index contributed by atoms with van der Waals surface area (Å²) in [4.78, 5) is 11.4. The Labute approximate surface area is 128 Å². The highest BCUT2D eigenvalue weighted by Crippen LogP contribution is 2.09. The van der Waals surface area contributed by atoms with Crippen LogP contribution in [0.25, 0.3) is 0 Å². The Hall–Kier alpha value is -1.74. The van der Waals surface area contributed by atoms with Gasteiger partial charge in [-0.2, -0.15) is 0 Å². The molecule has 0 spiro atoms. The molecule has 9 heteroatoms. The molecule has 3 N–H and O–H groups in total. The molecule has 0 aromatic heterocycles. The molecule has 0 aliphatic rings. The van der Waals surface area contributed by atoms with Gasteiger partial charge in [0.1, 0.15) is 11.6 Å². The van der Waals surface area contributed by atoms with E-state index in [-0.39, 0.29) is 31.8 Å². The Bertz CT molecular complexity index is 609. The van der Waals surface area contributed by atoms with Crippen LogP contribution in [0.5, 0.6) is 0 Å². The summed E-state index contributed by atoms with van der Waals surface area (Å²) in [5.74, 6) is -1.33. The lowest BCUT2D eigenvalue weighted by Crippen LogP contribution is -2.41. The van der Waals surface area contributed by atoms with Gasteiger partial charge in [-0.3, -0.25) is 0 Å². The number of sulfonamides is 1. The molecule has 0 radical (unpaired) electrons. The van der Waals surface area contributed by atoms with Crippen molar-refractivity contribution in [2.75, 3.05) is 25.4 Å². The molecule has 6 nitrogen and oxygen atoms in total. The molecule has 0 aliphatic carbocycles. The van der Waals surface area contributed by atoms with Crippen molar-refractivity contribution in [1.82, 2.24) is 15.4 Å². The summed E-state index contributed by atoms with van der Waals surface area (Å²) in [5.41, 5.74) is 0.303. The van der Waals surface area contributed by atoms with Gasteiger partial charge in [0.05, 0.1) is 5.75 Å². The number of benzene rings is 1. The normalized spacial score (nSPS) is 11.2. The topological polar surface area (TPSA) is 87.3 Å². The SMILES string of the molecule is CCS(=O)(=O)NCCNC(=O)NCCc1ccc(F)cc1F. The minimum Gasteiger partial charge on any atom is -0.338 e. The Morgan fingerprint density at radius 3 is 2.45 bits per heavy atom. The lowest BCUT2D eigenvalue weighted by Gasteiger charge is -2.09.